The summed E-state index contributed by atoms with van der Waals surface area (Å²) in [5, 5.41) is 6.19. The van der Waals surface area contributed by atoms with Crippen molar-refractivity contribution in [1.29, 1.82) is 0 Å². The fourth-order valence-electron chi connectivity index (χ4n) is 3.60. The first-order valence-corrected chi connectivity index (χ1v) is 10.1. The van der Waals surface area contributed by atoms with Gasteiger partial charge in [-0.15, -0.1) is 0 Å². The van der Waals surface area contributed by atoms with Crippen molar-refractivity contribution in [1.82, 2.24) is 10.3 Å². The van der Waals surface area contributed by atoms with Crippen molar-refractivity contribution in [2.45, 2.75) is 26.1 Å². The second kappa shape index (κ2) is 9.42. The van der Waals surface area contributed by atoms with Gasteiger partial charge in [-0.25, -0.2) is 0 Å². The van der Waals surface area contributed by atoms with Gasteiger partial charge in [0.25, 0.3) is 0 Å². The zero-order valence-electron chi connectivity index (χ0n) is 17.3. The summed E-state index contributed by atoms with van der Waals surface area (Å²) in [6.45, 7) is 3.39. The normalized spacial score (nSPS) is 11.9. The Kier molecular flexibility index (Phi) is 6.26. The lowest BCUT2D eigenvalue weighted by Gasteiger charge is -2.18. The highest BCUT2D eigenvalue weighted by Crippen LogP contribution is 2.29. The Labute approximate surface area is 177 Å². The monoisotopic (exact) mass is 398 g/mol. The van der Waals surface area contributed by atoms with E-state index < -0.39 is 0 Å². The molecule has 4 heteroatoms. The van der Waals surface area contributed by atoms with Crippen LogP contribution in [-0.2, 0) is 13.2 Å². The van der Waals surface area contributed by atoms with E-state index in [1.54, 1.807) is 13.3 Å². The van der Waals surface area contributed by atoms with Crippen molar-refractivity contribution in [3.8, 4) is 11.5 Å². The third-order valence-corrected chi connectivity index (χ3v) is 5.25. The molecule has 0 amide bonds. The van der Waals surface area contributed by atoms with E-state index in [1.807, 2.05) is 30.5 Å². The third kappa shape index (κ3) is 4.61. The Bertz CT molecular complexity index is 1110. The van der Waals surface area contributed by atoms with E-state index >= 15 is 0 Å². The summed E-state index contributed by atoms with van der Waals surface area (Å²) >= 11 is 0. The molecule has 1 atom stereocenters. The zero-order valence-corrected chi connectivity index (χ0v) is 17.3. The van der Waals surface area contributed by atoms with Crippen LogP contribution in [-0.4, -0.2) is 12.1 Å². The predicted molar refractivity (Wildman–Crippen MR) is 121 cm³/mol. The van der Waals surface area contributed by atoms with Crippen LogP contribution in [0.2, 0.25) is 0 Å². The van der Waals surface area contributed by atoms with Gasteiger partial charge in [-0.3, -0.25) is 4.98 Å². The van der Waals surface area contributed by atoms with Gasteiger partial charge in [-0.2, -0.15) is 0 Å². The number of pyridine rings is 1. The number of rotatable bonds is 8. The minimum Gasteiger partial charge on any atom is -0.493 e. The van der Waals surface area contributed by atoms with Gasteiger partial charge >= 0.3 is 0 Å². The van der Waals surface area contributed by atoms with E-state index in [0.29, 0.717) is 6.61 Å². The molecule has 0 aliphatic rings. The number of nitrogens with zero attached hydrogens (tertiary/aromatic N) is 1. The highest BCUT2D eigenvalue weighted by molar-refractivity contribution is 5.86. The maximum atomic E-state index is 6.01. The van der Waals surface area contributed by atoms with Crippen molar-refractivity contribution in [2.24, 2.45) is 0 Å². The van der Waals surface area contributed by atoms with E-state index in [1.165, 1.54) is 16.3 Å². The minimum atomic E-state index is 0.220. The summed E-state index contributed by atoms with van der Waals surface area (Å²) in [7, 11) is 1.66. The second-order valence-electron chi connectivity index (χ2n) is 7.31. The predicted octanol–water partition coefficient (Wildman–Crippen LogP) is 5.67. The summed E-state index contributed by atoms with van der Waals surface area (Å²) in [5.41, 5.74) is 3.46. The number of hydrogen-bond donors (Lipinski definition) is 1. The molecule has 1 aromatic heterocycles. The number of methoxy groups -OCH3 is 1. The second-order valence-corrected chi connectivity index (χ2v) is 7.31. The molecule has 4 rings (SSSR count). The van der Waals surface area contributed by atoms with Gasteiger partial charge < -0.3 is 14.8 Å². The molecule has 0 bridgehead atoms. The van der Waals surface area contributed by atoms with Gasteiger partial charge in [0, 0.05) is 30.5 Å². The van der Waals surface area contributed by atoms with Crippen LogP contribution in [0.15, 0.2) is 85.2 Å². The van der Waals surface area contributed by atoms with E-state index in [-0.39, 0.29) is 6.04 Å². The number of ether oxygens (including phenoxy) is 2. The number of hydrogen-bond acceptors (Lipinski definition) is 4. The standard InChI is InChI=1S/C26H26N2O2/c1-19(23-11-5-9-22-8-3-4-10-24(22)23)28-17-20-12-13-25(29-2)26(15-20)30-18-21-7-6-14-27-16-21/h3-16,19,28H,17-18H2,1-2H3. The molecule has 0 saturated heterocycles. The SMILES string of the molecule is COc1ccc(CNC(C)c2cccc3ccccc23)cc1OCc1cccnc1. The molecule has 4 aromatic rings. The summed E-state index contributed by atoms with van der Waals surface area (Å²) < 4.78 is 11.5. The number of nitrogens with one attached hydrogen (secondary N) is 1. The third-order valence-electron chi connectivity index (χ3n) is 5.25. The van der Waals surface area contributed by atoms with Gasteiger partial charge in [-0.05, 0) is 47.0 Å². The molecule has 0 aliphatic heterocycles. The summed E-state index contributed by atoms with van der Waals surface area (Å²) in [6.07, 6.45) is 3.57. The minimum absolute atomic E-state index is 0.220. The lowest BCUT2D eigenvalue weighted by molar-refractivity contribution is 0.283. The molecule has 152 valence electrons. The van der Waals surface area contributed by atoms with Crippen LogP contribution >= 0.6 is 0 Å². The maximum absolute atomic E-state index is 6.01. The topological polar surface area (TPSA) is 43.4 Å². The van der Waals surface area contributed by atoms with Crippen LogP contribution in [0, 0.1) is 0 Å². The number of aromatic nitrogens is 1. The zero-order chi connectivity index (χ0) is 20.8. The highest BCUT2D eigenvalue weighted by atomic mass is 16.5. The average Bonchev–Trinajstić information content (AvgIpc) is 2.81. The van der Waals surface area contributed by atoms with Crippen LogP contribution in [0.1, 0.15) is 29.7 Å². The number of fused-ring (bicyclic) bond motifs is 1. The fraction of sp³-hybridized carbons (Fsp3) is 0.192. The van der Waals surface area contributed by atoms with Crippen molar-refractivity contribution >= 4 is 10.8 Å². The van der Waals surface area contributed by atoms with Crippen LogP contribution < -0.4 is 14.8 Å². The van der Waals surface area contributed by atoms with E-state index in [2.05, 4.69) is 65.8 Å². The first kappa shape index (κ1) is 19.9. The van der Waals surface area contributed by atoms with Gasteiger partial charge in [-0.1, -0.05) is 54.6 Å². The van der Waals surface area contributed by atoms with Gasteiger partial charge in [0.2, 0.25) is 0 Å². The molecule has 0 radical (unpaired) electrons. The van der Waals surface area contributed by atoms with Crippen LogP contribution in [0.5, 0.6) is 11.5 Å². The lowest BCUT2D eigenvalue weighted by atomic mass is 9.99. The maximum Gasteiger partial charge on any atom is 0.161 e. The smallest absolute Gasteiger partial charge is 0.161 e. The molecule has 1 heterocycles. The van der Waals surface area contributed by atoms with Gasteiger partial charge in [0.1, 0.15) is 6.61 Å². The molecule has 30 heavy (non-hydrogen) atoms. The fourth-order valence-corrected chi connectivity index (χ4v) is 3.60. The molecule has 1 N–H and O–H groups in total. The first-order chi connectivity index (χ1) is 14.7. The molecule has 0 fully saturated rings. The molecule has 0 saturated carbocycles. The Morgan fingerprint density at radius 2 is 1.77 bits per heavy atom. The van der Waals surface area contributed by atoms with Gasteiger partial charge in [0.05, 0.1) is 7.11 Å². The van der Waals surface area contributed by atoms with Crippen LogP contribution in [0.4, 0.5) is 0 Å². The van der Waals surface area contributed by atoms with Crippen molar-refractivity contribution in [3.63, 3.8) is 0 Å². The molecule has 4 nitrogen and oxygen atoms in total. The van der Waals surface area contributed by atoms with Crippen molar-refractivity contribution in [3.05, 3.63) is 102 Å². The summed E-state index contributed by atoms with van der Waals surface area (Å²) in [6, 6.07) is 25.2. The molecule has 0 aliphatic carbocycles. The van der Waals surface area contributed by atoms with Crippen molar-refractivity contribution in [2.75, 3.05) is 7.11 Å². The van der Waals surface area contributed by atoms with Crippen LogP contribution in [0.3, 0.4) is 0 Å². The summed E-state index contributed by atoms with van der Waals surface area (Å²) in [4.78, 5) is 4.14. The summed E-state index contributed by atoms with van der Waals surface area (Å²) in [5.74, 6) is 1.46. The Morgan fingerprint density at radius 1 is 0.900 bits per heavy atom. The quantitative estimate of drug-likeness (QED) is 0.415. The lowest BCUT2D eigenvalue weighted by Crippen LogP contribution is -2.18. The average molecular weight is 399 g/mol. The molecular formula is C26H26N2O2. The Balaban J connectivity index is 1.46. The molecule has 0 spiro atoms. The van der Waals surface area contributed by atoms with E-state index in [0.717, 1.165) is 29.2 Å². The first-order valence-electron chi connectivity index (χ1n) is 10.1. The molecule has 1 unspecified atom stereocenters. The highest BCUT2D eigenvalue weighted by Gasteiger charge is 2.11. The Hall–Kier alpha value is -3.37. The van der Waals surface area contributed by atoms with E-state index in [9.17, 15) is 0 Å². The van der Waals surface area contributed by atoms with Gasteiger partial charge in [0.15, 0.2) is 11.5 Å². The van der Waals surface area contributed by atoms with E-state index in [4.69, 9.17) is 9.47 Å². The Morgan fingerprint density at radius 3 is 2.60 bits per heavy atom. The molecular weight excluding hydrogens is 372 g/mol. The van der Waals surface area contributed by atoms with Crippen molar-refractivity contribution < 1.29 is 9.47 Å². The number of benzene rings is 3. The molecule has 3 aromatic carbocycles. The van der Waals surface area contributed by atoms with Crippen LogP contribution in [0.25, 0.3) is 10.8 Å². The largest absolute Gasteiger partial charge is 0.493 e.